The first kappa shape index (κ1) is 14.5. The Kier molecular flexibility index (Phi) is 5.96. The summed E-state index contributed by atoms with van der Waals surface area (Å²) in [5.74, 6) is -0.0232. The maximum atomic E-state index is 11.4. The molecule has 1 fully saturated rings. The molecule has 1 rings (SSSR count). The van der Waals surface area contributed by atoms with Crippen LogP contribution in [0, 0.1) is 11.8 Å². The van der Waals surface area contributed by atoms with Crippen molar-refractivity contribution in [1.29, 1.82) is 0 Å². The first-order valence-electron chi connectivity index (χ1n) is 7.10. The van der Waals surface area contributed by atoms with Crippen molar-refractivity contribution in [2.45, 2.75) is 58.9 Å². The lowest BCUT2D eigenvalue weighted by atomic mass is 9.76. The van der Waals surface area contributed by atoms with Gasteiger partial charge in [-0.25, -0.2) is 0 Å². The minimum absolute atomic E-state index is 0.149. The van der Waals surface area contributed by atoms with Crippen LogP contribution in [-0.4, -0.2) is 35.1 Å². The van der Waals surface area contributed by atoms with E-state index in [1.54, 1.807) is 0 Å². The third-order valence-electron chi connectivity index (χ3n) is 4.21. The van der Waals surface area contributed by atoms with Crippen LogP contribution in [0.25, 0.3) is 0 Å². The van der Waals surface area contributed by atoms with Gasteiger partial charge in [0, 0.05) is 6.04 Å². The van der Waals surface area contributed by atoms with Gasteiger partial charge in [0.25, 0.3) is 0 Å². The Morgan fingerprint density at radius 1 is 1.29 bits per heavy atom. The standard InChI is InChI=1S/C14H27NO2/c1-4-9-15(6-3)13-10-11(5-2)7-8-12(13)14(16)17/h11-13H,4-10H2,1-3H3,(H,16,17). The van der Waals surface area contributed by atoms with Crippen LogP contribution in [0.5, 0.6) is 0 Å². The average molecular weight is 241 g/mol. The Morgan fingerprint density at radius 3 is 2.47 bits per heavy atom. The summed E-state index contributed by atoms with van der Waals surface area (Å²) in [4.78, 5) is 13.7. The van der Waals surface area contributed by atoms with Gasteiger partial charge in [0.15, 0.2) is 0 Å². The van der Waals surface area contributed by atoms with E-state index in [0.29, 0.717) is 0 Å². The fraction of sp³-hybridized carbons (Fsp3) is 0.929. The second-order valence-electron chi connectivity index (χ2n) is 5.23. The van der Waals surface area contributed by atoms with Gasteiger partial charge in [0.05, 0.1) is 5.92 Å². The normalized spacial score (nSPS) is 29.5. The monoisotopic (exact) mass is 241 g/mol. The van der Waals surface area contributed by atoms with Gasteiger partial charge in [-0.15, -0.1) is 0 Å². The Morgan fingerprint density at radius 2 is 2.00 bits per heavy atom. The molecule has 0 bridgehead atoms. The van der Waals surface area contributed by atoms with Gasteiger partial charge >= 0.3 is 5.97 Å². The van der Waals surface area contributed by atoms with Gasteiger partial charge in [-0.05, 0) is 44.7 Å². The molecule has 0 spiro atoms. The van der Waals surface area contributed by atoms with Gasteiger partial charge in [-0.3, -0.25) is 9.69 Å². The zero-order valence-corrected chi connectivity index (χ0v) is 11.5. The van der Waals surface area contributed by atoms with Crippen molar-refractivity contribution in [1.82, 2.24) is 4.90 Å². The van der Waals surface area contributed by atoms with Gasteiger partial charge in [-0.1, -0.05) is 27.2 Å². The minimum atomic E-state index is -0.598. The lowest BCUT2D eigenvalue weighted by molar-refractivity contribution is -0.146. The van der Waals surface area contributed by atoms with Crippen LogP contribution in [0.3, 0.4) is 0 Å². The van der Waals surface area contributed by atoms with Crippen LogP contribution in [0.1, 0.15) is 52.9 Å². The summed E-state index contributed by atoms with van der Waals surface area (Å²) in [7, 11) is 0. The molecule has 0 radical (unpaired) electrons. The molecule has 0 amide bonds. The molecule has 100 valence electrons. The van der Waals surface area contributed by atoms with Crippen molar-refractivity contribution in [3.8, 4) is 0 Å². The molecule has 0 heterocycles. The van der Waals surface area contributed by atoms with E-state index in [9.17, 15) is 9.90 Å². The first-order valence-corrected chi connectivity index (χ1v) is 7.10. The summed E-state index contributed by atoms with van der Waals surface area (Å²) in [6.07, 6.45) is 5.31. The highest BCUT2D eigenvalue weighted by atomic mass is 16.4. The molecule has 0 aromatic carbocycles. The van der Waals surface area contributed by atoms with E-state index in [2.05, 4.69) is 25.7 Å². The number of rotatable bonds is 6. The molecule has 1 N–H and O–H groups in total. The van der Waals surface area contributed by atoms with E-state index in [0.717, 1.165) is 44.7 Å². The molecule has 17 heavy (non-hydrogen) atoms. The average Bonchev–Trinajstić information content (AvgIpc) is 2.35. The first-order chi connectivity index (χ1) is 8.13. The van der Waals surface area contributed by atoms with Crippen molar-refractivity contribution >= 4 is 5.97 Å². The van der Waals surface area contributed by atoms with Crippen molar-refractivity contribution in [3.63, 3.8) is 0 Å². The highest BCUT2D eigenvalue weighted by molar-refractivity contribution is 5.71. The molecule has 3 nitrogen and oxygen atoms in total. The summed E-state index contributed by atoms with van der Waals surface area (Å²) in [6, 6.07) is 0.260. The van der Waals surface area contributed by atoms with Gasteiger partial charge in [-0.2, -0.15) is 0 Å². The second kappa shape index (κ2) is 7.00. The molecule has 0 aromatic heterocycles. The SMILES string of the molecule is CCCN(CC)C1CC(CC)CCC1C(=O)O. The fourth-order valence-electron chi connectivity index (χ4n) is 3.14. The molecular weight excluding hydrogens is 214 g/mol. The van der Waals surface area contributed by atoms with Crippen LogP contribution < -0.4 is 0 Å². The highest BCUT2D eigenvalue weighted by Crippen LogP contribution is 2.34. The van der Waals surface area contributed by atoms with E-state index >= 15 is 0 Å². The quantitative estimate of drug-likeness (QED) is 0.777. The number of hydrogen-bond donors (Lipinski definition) is 1. The number of nitrogens with zero attached hydrogens (tertiary/aromatic N) is 1. The summed E-state index contributed by atoms with van der Waals surface area (Å²) < 4.78 is 0. The molecule has 0 saturated heterocycles. The number of hydrogen-bond acceptors (Lipinski definition) is 2. The molecule has 3 heteroatoms. The summed E-state index contributed by atoms with van der Waals surface area (Å²) in [5, 5.41) is 9.35. The summed E-state index contributed by atoms with van der Waals surface area (Å²) in [6.45, 7) is 8.53. The molecule has 3 atom stereocenters. The Hall–Kier alpha value is -0.570. The van der Waals surface area contributed by atoms with E-state index < -0.39 is 5.97 Å². The van der Waals surface area contributed by atoms with E-state index in [-0.39, 0.29) is 12.0 Å². The Balaban J connectivity index is 2.74. The largest absolute Gasteiger partial charge is 0.481 e. The fourth-order valence-corrected chi connectivity index (χ4v) is 3.14. The van der Waals surface area contributed by atoms with Crippen molar-refractivity contribution in [2.75, 3.05) is 13.1 Å². The molecule has 0 aliphatic heterocycles. The van der Waals surface area contributed by atoms with Gasteiger partial charge in [0.1, 0.15) is 0 Å². The van der Waals surface area contributed by atoms with Crippen LogP contribution in [0.4, 0.5) is 0 Å². The lowest BCUT2D eigenvalue weighted by Gasteiger charge is -2.40. The highest BCUT2D eigenvalue weighted by Gasteiger charge is 2.37. The number of carbonyl (C=O) groups is 1. The number of aliphatic carboxylic acids is 1. The van der Waals surface area contributed by atoms with Crippen molar-refractivity contribution in [3.05, 3.63) is 0 Å². The maximum absolute atomic E-state index is 11.4. The van der Waals surface area contributed by atoms with E-state index in [4.69, 9.17) is 0 Å². The molecular formula is C14H27NO2. The Bertz CT molecular complexity index is 242. The van der Waals surface area contributed by atoms with Crippen molar-refractivity contribution in [2.24, 2.45) is 11.8 Å². The summed E-state index contributed by atoms with van der Waals surface area (Å²) >= 11 is 0. The predicted octanol–water partition coefficient (Wildman–Crippen LogP) is 3.00. The van der Waals surface area contributed by atoms with Gasteiger partial charge < -0.3 is 5.11 Å². The van der Waals surface area contributed by atoms with Crippen LogP contribution in [0.15, 0.2) is 0 Å². The molecule has 0 aromatic rings. The smallest absolute Gasteiger partial charge is 0.308 e. The van der Waals surface area contributed by atoms with E-state index in [1.165, 1.54) is 6.42 Å². The van der Waals surface area contributed by atoms with Crippen molar-refractivity contribution < 1.29 is 9.90 Å². The van der Waals surface area contributed by atoms with Gasteiger partial charge in [0.2, 0.25) is 0 Å². The maximum Gasteiger partial charge on any atom is 0.308 e. The third-order valence-corrected chi connectivity index (χ3v) is 4.21. The summed E-state index contributed by atoms with van der Waals surface area (Å²) in [5.41, 5.74) is 0. The zero-order valence-electron chi connectivity index (χ0n) is 11.5. The topological polar surface area (TPSA) is 40.5 Å². The lowest BCUT2D eigenvalue weighted by Crippen LogP contribution is -2.47. The molecule has 3 unspecified atom stereocenters. The Labute approximate surface area is 105 Å². The van der Waals surface area contributed by atoms with Crippen LogP contribution >= 0.6 is 0 Å². The zero-order chi connectivity index (χ0) is 12.8. The minimum Gasteiger partial charge on any atom is -0.481 e. The molecule has 1 saturated carbocycles. The predicted molar refractivity (Wildman–Crippen MR) is 70.1 cm³/mol. The number of carboxylic acids is 1. The van der Waals surface area contributed by atoms with Crippen LogP contribution in [-0.2, 0) is 4.79 Å². The second-order valence-corrected chi connectivity index (χ2v) is 5.23. The third kappa shape index (κ3) is 3.70. The number of carboxylic acid groups (broad SMARTS) is 1. The van der Waals surface area contributed by atoms with Crippen LogP contribution in [0.2, 0.25) is 0 Å². The molecule has 1 aliphatic carbocycles. The van der Waals surface area contributed by atoms with E-state index in [1.807, 2.05) is 0 Å². The molecule has 1 aliphatic rings.